The van der Waals surface area contributed by atoms with Gasteiger partial charge in [-0.25, -0.2) is 4.39 Å². The van der Waals surface area contributed by atoms with Crippen LogP contribution in [0.4, 0.5) is 15.8 Å². The summed E-state index contributed by atoms with van der Waals surface area (Å²) in [5.41, 5.74) is 3.83. The minimum Gasteiger partial charge on any atom is -0.492 e. The van der Waals surface area contributed by atoms with E-state index < -0.39 is 5.82 Å². The molecule has 182 valence electrons. The molecule has 1 aliphatic carbocycles. The second kappa shape index (κ2) is 7.98. The van der Waals surface area contributed by atoms with Crippen LogP contribution in [0.25, 0.3) is 11.3 Å². The minimum atomic E-state index is -0.494. The van der Waals surface area contributed by atoms with Gasteiger partial charge in [0.1, 0.15) is 12.4 Å². The summed E-state index contributed by atoms with van der Waals surface area (Å²) in [7, 11) is 1.41. The lowest BCUT2D eigenvalue weighted by atomic mass is 9.83. The number of fused-ring (bicyclic) bond motifs is 3. The van der Waals surface area contributed by atoms with E-state index in [9.17, 15) is 9.18 Å². The number of aromatic amines is 1. The van der Waals surface area contributed by atoms with Crippen LogP contribution >= 0.6 is 0 Å². The number of benzene rings is 1. The van der Waals surface area contributed by atoms with Gasteiger partial charge in [0.2, 0.25) is 0 Å². The monoisotopic (exact) mass is 478 g/mol. The lowest BCUT2D eigenvalue weighted by molar-refractivity contribution is -0.180. The van der Waals surface area contributed by atoms with Gasteiger partial charge < -0.3 is 29.8 Å². The van der Waals surface area contributed by atoms with E-state index in [1.807, 2.05) is 6.07 Å². The van der Waals surface area contributed by atoms with Gasteiger partial charge >= 0.3 is 0 Å². The van der Waals surface area contributed by atoms with Crippen molar-refractivity contribution >= 4 is 17.3 Å². The van der Waals surface area contributed by atoms with E-state index in [0.717, 1.165) is 17.7 Å². The number of H-pyrrole nitrogens is 1. The first-order valence-electron chi connectivity index (χ1n) is 11.7. The van der Waals surface area contributed by atoms with Crippen LogP contribution < -0.4 is 20.1 Å². The molecule has 3 aromatic rings. The molecule has 3 unspecified atom stereocenters. The summed E-state index contributed by atoms with van der Waals surface area (Å²) < 4.78 is 31.6. The van der Waals surface area contributed by atoms with Crippen molar-refractivity contribution in [1.82, 2.24) is 15.3 Å². The number of para-hydroxylation sites is 1. The van der Waals surface area contributed by atoms with E-state index in [1.165, 1.54) is 13.2 Å². The van der Waals surface area contributed by atoms with Gasteiger partial charge in [-0.05, 0) is 24.6 Å². The molecule has 1 amide bonds. The lowest BCUT2D eigenvalue weighted by Crippen LogP contribution is -2.50. The third kappa shape index (κ3) is 3.61. The molecule has 9 heteroatoms. The molecule has 2 aliphatic heterocycles. The predicted molar refractivity (Wildman–Crippen MR) is 128 cm³/mol. The van der Waals surface area contributed by atoms with Crippen molar-refractivity contribution < 1.29 is 23.4 Å². The number of nitrogens with one attached hydrogen (secondary N) is 3. The zero-order chi connectivity index (χ0) is 24.3. The molecule has 2 aromatic heterocycles. The van der Waals surface area contributed by atoms with Gasteiger partial charge in [-0.2, -0.15) is 0 Å². The molecular weight excluding hydrogens is 451 g/mol. The molecule has 8 nitrogen and oxygen atoms in total. The first-order chi connectivity index (χ1) is 16.9. The summed E-state index contributed by atoms with van der Waals surface area (Å²) in [6, 6.07) is 6.63. The average Bonchev–Trinajstić information content (AvgIpc) is 3.51. The van der Waals surface area contributed by atoms with Gasteiger partial charge in [0.25, 0.3) is 5.91 Å². The smallest absolute Gasteiger partial charge is 0.255 e. The Morgan fingerprint density at radius 1 is 1.31 bits per heavy atom. The van der Waals surface area contributed by atoms with Gasteiger partial charge in [-0.3, -0.25) is 9.78 Å². The van der Waals surface area contributed by atoms with Crippen molar-refractivity contribution in [3.05, 3.63) is 53.7 Å². The molecule has 35 heavy (non-hydrogen) atoms. The third-order valence-electron chi connectivity index (χ3n) is 7.14. The average molecular weight is 479 g/mol. The molecule has 3 aliphatic rings. The Balaban J connectivity index is 1.43. The highest BCUT2D eigenvalue weighted by Crippen LogP contribution is 2.51. The molecule has 0 radical (unpaired) electrons. The molecule has 1 saturated heterocycles. The Labute approximate surface area is 202 Å². The summed E-state index contributed by atoms with van der Waals surface area (Å²) in [5, 5.41) is 6.33. The number of carbonyl (C=O) groups excluding carboxylic acids is 1. The summed E-state index contributed by atoms with van der Waals surface area (Å²) in [6.45, 7) is 5.38. The molecule has 1 aromatic carbocycles. The standard InChI is InChI=1S/C26H27FN4O4/c1-26(2)12-35-19(26)11-34-18-10-28-8-7-13(18)22-23(29-16-6-4-5-15(27)24(16)33-3)20-21(31-22)14-9-17(14)30-25(20)32/h4-8,10,14,17,19,29,31H,9,11-12H2,1-3H3,(H,30,32). The van der Waals surface area contributed by atoms with Crippen molar-refractivity contribution in [2.24, 2.45) is 5.41 Å². The van der Waals surface area contributed by atoms with E-state index in [4.69, 9.17) is 14.2 Å². The molecule has 2 fully saturated rings. The fraction of sp³-hybridized carbons (Fsp3) is 0.385. The van der Waals surface area contributed by atoms with Gasteiger partial charge in [0.15, 0.2) is 11.6 Å². The van der Waals surface area contributed by atoms with Gasteiger partial charge in [0, 0.05) is 34.8 Å². The summed E-state index contributed by atoms with van der Waals surface area (Å²) in [5.74, 6) is 0.206. The highest BCUT2D eigenvalue weighted by atomic mass is 19.1. The first-order valence-corrected chi connectivity index (χ1v) is 11.7. The number of hydrogen-bond acceptors (Lipinski definition) is 6. The molecule has 0 bridgehead atoms. The van der Waals surface area contributed by atoms with Gasteiger partial charge in [0.05, 0.1) is 48.6 Å². The maximum Gasteiger partial charge on any atom is 0.255 e. The van der Waals surface area contributed by atoms with Crippen LogP contribution in [-0.4, -0.2) is 48.3 Å². The second-order valence-corrected chi connectivity index (χ2v) is 10.0. The molecule has 0 spiro atoms. The molecule has 6 rings (SSSR count). The van der Waals surface area contributed by atoms with Crippen LogP contribution in [0.5, 0.6) is 11.5 Å². The predicted octanol–water partition coefficient (Wildman–Crippen LogP) is 4.37. The van der Waals surface area contributed by atoms with Crippen LogP contribution in [0, 0.1) is 11.2 Å². The Bertz CT molecular complexity index is 1320. The topological polar surface area (TPSA) is 97.5 Å². The zero-order valence-corrected chi connectivity index (χ0v) is 19.8. The zero-order valence-electron chi connectivity index (χ0n) is 19.8. The highest BCUT2D eigenvalue weighted by molar-refractivity contribution is 6.07. The van der Waals surface area contributed by atoms with Crippen LogP contribution in [0.1, 0.15) is 42.2 Å². The SMILES string of the molecule is COc1c(F)cccc1Nc1c(-c2ccncc2OCC2OCC2(C)C)[nH]c2c1C(=O)NC1CC21. The van der Waals surface area contributed by atoms with E-state index in [1.54, 1.807) is 24.5 Å². The summed E-state index contributed by atoms with van der Waals surface area (Å²) >= 11 is 0. The largest absolute Gasteiger partial charge is 0.492 e. The van der Waals surface area contributed by atoms with Crippen LogP contribution in [0.15, 0.2) is 36.7 Å². The second-order valence-electron chi connectivity index (χ2n) is 10.0. The molecule has 3 N–H and O–H groups in total. The fourth-order valence-corrected chi connectivity index (χ4v) is 4.90. The number of methoxy groups -OCH3 is 1. The number of pyridine rings is 1. The first kappa shape index (κ1) is 21.9. The number of nitrogens with zero attached hydrogens (tertiary/aromatic N) is 1. The van der Waals surface area contributed by atoms with Crippen molar-refractivity contribution in [3.63, 3.8) is 0 Å². The fourth-order valence-electron chi connectivity index (χ4n) is 4.90. The number of amides is 1. The Morgan fingerprint density at radius 3 is 2.91 bits per heavy atom. The maximum absolute atomic E-state index is 14.4. The number of rotatable bonds is 7. The van der Waals surface area contributed by atoms with Crippen LogP contribution in [0.2, 0.25) is 0 Å². The van der Waals surface area contributed by atoms with Crippen molar-refractivity contribution in [1.29, 1.82) is 0 Å². The Kier molecular flexibility index (Phi) is 5.00. The van der Waals surface area contributed by atoms with Crippen LogP contribution in [0.3, 0.4) is 0 Å². The maximum atomic E-state index is 14.4. The third-order valence-corrected chi connectivity index (χ3v) is 7.14. The number of ether oxygens (including phenoxy) is 3. The van der Waals surface area contributed by atoms with Crippen molar-refractivity contribution in [2.75, 3.05) is 25.6 Å². The number of anilines is 2. The highest BCUT2D eigenvalue weighted by Gasteiger charge is 2.48. The van der Waals surface area contributed by atoms with Crippen molar-refractivity contribution in [2.45, 2.75) is 38.3 Å². The summed E-state index contributed by atoms with van der Waals surface area (Å²) in [6.07, 6.45) is 4.21. The van der Waals surface area contributed by atoms with E-state index >= 15 is 0 Å². The van der Waals surface area contributed by atoms with Crippen molar-refractivity contribution in [3.8, 4) is 22.8 Å². The lowest BCUT2D eigenvalue weighted by Gasteiger charge is -2.43. The molecule has 3 atom stereocenters. The molecule has 1 saturated carbocycles. The number of carbonyl (C=O) groups is 1. The number of halogens is 1. The molecule has 4 heterocycles. The van der Waals surface area contributed by atoms with E-state index in [0.29, 0.717) is 41.6 Å². The van der Waals surface area contributed by atoms with E-state index in [-0.39, 0.29) is 35.1 Å². The quantitative estimate of drug-likeness (QED) is 0.467. The van der Waals surface area contributed by atoms with Crippen LogP contribution in [-0.2, 0) is 4.74 Å². The molecular formula is C26H27FN4O4. The Hall–Kier alpha value is -3.59. The van der Waals surface area contributed by atoms with Gasteiger partial charge in [-0.1, -0.05) is 19.9 Å². The van der Waals surface area contributed by atoms with E-state index in [2.05, 4.69) is 34.4 Å². The number of aromatic nitrogens is 2. The normalized spacial score (nSPS) is 23.4. The number of hydrogen-bond donors (Lipinski definition) is 3. The van der Waals surface area contributed by atoms with Gasteiger partial charge in [-0.15, -0.1) is 0 Å². The summed E-state index contributed by atoms with van der Waals surface area (Å²) in [4.78, 5) is 20.8. The minimum absolute atomic E-state index is 0.0143. The Morgan fingerprint density at radius 2 is 2.17 bits per heavy atom.